The Morgan fingerprint density at radius 2 is 2.15 bits per heavy atom. The summed E-state index contributed by atoms with van der Waals surface area (Å²) in [6.07, 6.45) is 3.61. The van der Waals surface area contributed by atoms with E-state index in [-0.39, 0.29) is 0 Å². The highest BCUT2D eigenvalue weighted by atomic mass is 35.5. The fourth-order valence-corrected chi connectivity index (χ4v) is 2.26. The lowest BCUT2D eigenvalue weighted by atomic mass is 10.4. The van der Waals surface area contributed by atoms with Gasteiger partial charge in [0.15, 0.2) is 0 Å². The van der Waals surface area contributed by atoms with Gasteiger partial charge >= 0.3 is 0 Å². The zero-order valence-corrected chi connectivity index (χ0v) is 8.94. The predicted molar refractivity (Wildman–Crippen MR) is 54.3 cm³/mol. The summed E-state index contributed by atoms with van der Waals surface area (Å²) in [5.41, 5.74) is 0. The molecule has 0 N–H and O–H groups in total. The summed E-state index contributed by atoms with van der Waals surface area (Å²) in [6.45, 7) is 3.54. The summed E-state index contributed by atoms with van der Waals surface area (Å²) in [5, 5.41) is 0. The summed E-state index contributed by atoms with van der Waals surface area (Å²) in [4.78, 5) is 6.57. The number of halogens is 1. The van der Waals surface area contributed by atoms with Crippen molar-refractivity contribution in [1.82, 2.24) is 14.3 Å². The van der Waals surface area contributed by atoms with Crippen molar-refractivity contribution in [1.29, 1.82) is 0 Å². The largest absolute Gasteiger partial charge is 0.303 e. The lowest BCUT2D eigenvalue weighted by Gasteiger charge is -2.12. The molecule has 1 aromatic rings. The molecule has 0 bridgehead atoms. The summed E-state index contributed by atoms with van der Waals surface area (Å²) >= 11 is 6.96. The van der Waals surface area contributed by atoms with Gasteiger partial charge in [0.05, 0.1) is 0 Å². The lowest BCUT2D eigenvalue weighted by Crippen LogP contribution is -2.22. The highest BCUT2D eigenvalue weighted by Gasteiger charge is 2.12. The molecule has 1 fully saturated rings. The molecule has 1 aliphatic rings. The van der Waals surface area contributed by atoms with Crippen molar-refractivity contribution in [2.24, 2.45) is 0 Å². The normalized spacial score (nSPS) is 18.2. The molecule has 5 heteroatoms. The van der Waals surface area contributed by atoms with Crippen LogP contribution < -0.4 is 0 Å². The first-order valence-electron chi connectivity index (χ1n) is 4.55. The van der Waals surface area contributed by atoms with Gasteiger partial charge in [-0.05, 0) is 49.1 Å². The van der Waals surface area contributed by atoms with Crippen LogP contribution in [0.4, 0.5) is 0 Å². The van der Waals surface area contributed by atoms with Gasteiger partial charge in [-0.1, -0.05) is 0 Å². The van der Waals surface area contributed by atoms with Crippen molar-refractivity contribution < 1.29 is 0 Å². The molecule has 3 nitrogen and oxygen atoms in total. The van der Waals surface area contributed by atoms with Crippen molar-refractivity contribution in [3.63, 3.8) is 0 Å². The van der Waals surface area contributed by atoms with Crippen LogP contribution in [0.15, 0.2) is 0 Å². The molecule has 0 amide bonds. The van der Waals surface area contributed by atoms with Crippen LogP contribution in [0.5, 0.6) is 0 Å². The third-order valence-corrected chi connectivity index (χ3v) is 3.13. The molecule has 0 aromatic carbocycles. The molecule has 0 radical (unpaired) electrons. The van der Waals surface area contributed by atoms with E-state index in [0.29, 0.717) is 4.47 Å². The minimum absolute atomic E-state index is 0.552. The maximum atomic E-state index is 5.69. The van der Waals surface area contributed by atoms with Gasteiger partial charge in [0.2, 0.25) is 4.47 Å². The lowest BCUT2D eigenvalue weighted by molar-refractivity contribution is 0.341. The van der Waals surface area contributed by atoms with Crippen molar-refractivity contribution in [3.05, 3.63) is 10.3 Å². The highest BCUT2D eigenvalue weighted by molar-refractivity contribution is 7.10. The fourth-order valence-electron chi connectivity index (χ4n) is 1.60. The second kappa shape index (κ2) is 4.35. The van der Waals surface area contributed by atoms with Crippen molar-refractivity contribution in [2.75, 3.05) is 19.6 Å². The van der Waals surface area contributed by atoms with Gasteiger partial charge in [0, 0.05) is 13.0 Å². The van der Waals surface area contributed by atoms with E-state index in [4.69, 9.17) is 11.6 Å². The average molecular weight is 218 g/mol. The zero-order chi connectivity index (χ0) is 9.10. The van der Waals surface area contributed by atoms with Crippen molar-refractivity contribution >= 4 is 23.1 Å². The molecule has 1 aromatic heterocycles. The van der Waals surface area contributed by atoms with E-state index in [1.165, 1.54) is 37.5 Å². The topological polar surface area (TPSA) is 29.0 Å². The van der Waals surface area contributed by atoms with Crippen LogP contribution in [-0.2, 0) is 6.42 Å². The molecule has 0 unspecified atom stereocenters. The van der Waals surface area contributed by atoms with Crippen LogP contribution in [0.3, 0.4) is 0 Å². The monoisotopic (exact) mass is 217 g/mol. The summed E-state index contributed by atoms with van der Waals surface area (Å²) < 4.78 is 4.70. The molecule has 0 spiro atoms. The first-order chi connectivity index (χ1) is 6.34. The molecule has 1 saturated heterocycles. The fraction of sp³-hybridized carbons (Fsp3) is 0.750. The van der Waals surface area contributed by atoms with Crippen LogP contribution in [0.25, 0.3) is 0 Å². The third-order valence-electron chi connectivity index (χ3n) is 2.29. The Morgan fingerprint density at radius 3 is 2.77 bits per heavy atom. The minimum atomic E-state index is 0.552. The van der Waals surface area contributed by atoms with Crippen LogP contribution in [0, 0.1) is 0 Å². The quantitative estimate of drug-likeness (QED) is 0.774. The molecular formula is C8H12ClN3S. The second-order valence-electron chi connectivity index (χ2n) is 3.26. The summed E-state index contributed by atoms with van der Waals surface area (Å²) in [7, 11) is 0. The number of likely N-dealkylation sites (tertiary alicyclic amines) is 1. The molecule has 0 aliphatic carbocycles. The Labute approximate surface area is 86.9 Å². The number of hydrogen-bond donors (Lipinski definition) is 0. The van der Waals surface area contributed by atoms with Gasteiger partial charge in [-0.2, -0.15) is 4.37 Å². The number of hydrogen-bond acceptors (Lipinski definition) is 4. The van der Waals surface area contributed by atoms with Crippen LogP contribution >= 0.6 is 23.1 Å². The molecule has 2 rings (SSSR count). The van der Waals surface area contributed by atoms with Crippen LogP contribution in [-0.4, -0.2) is 33.9 Å². The first-order valence-corrected chi connectivity index (χ1v) is 5.70. The second-order valence-corrected chi connectivity index (χ2v) is 4.60. The standard InChI is InChI=1S/C8H12ClN3S/c9-8-10-7(11-13-8)3-6-12-4-1-2-5-12/h1-6H2. The molecular weight excluding hydrogens is 206 g/mol. The predicted octanol–water partition coefficient (Wildman–Crippen LogP) is 1.83. The first kappa shape index (κ1) is 9.37. The van der Waals surface area contributed by atoms with E-state index >= 15 is 0 Å². The molecule has 2 heterocycles. The van der Waals surface area contributed by atoms with Gasteiger partial charge in [-0.3, -0.25) is 0 Å². The van der Waals surface area contributed by atoms with Gasteiger partial charge in [0.1, 0.15) is 5.82 Å². The Balaban J connectivity index is 1.78. The number of rotatable bonds is 3. The number of nitrogens with zero attached hydrogens (tertiary/aromatic N) is 3. The Hall–Kier alpha value is -0.190. The van der Waals surface area contributed by atoms with Gasteiger partial charge in [-0.15, -0.1) is 0 Å². The Kier molecular flexibility index (Phi) is 3.14. The van der Waals surface area contributed by atoms with Gasteiger partial charge in [-0.25, -0.2) is 4.98 Å². The van der Waals surface area contributed by atoms with Gasteiger partial charge < -0.3 is 4.90 Å². The van der Waals surface area contributed by atoms with Crippen LogP contribution in [0.2, 0.25) is 4.47 Å². The number of aromatic nitrogens is 2. The smallest absolute Gasteiger partial charge is 0.203 e. The van der Waals surface area contributed by atoms with E-state index in [1.807, 2.05) is 0 Å². The van der Waals surface area contributed by atoms with E-state index < -0.39 is 0 Å². The summed E-state index contributed by atoms with van der Waals surface area (Å²) in [5.74, 6) is 0.891. The Morgan fingerprint density at radius 1 is 1.38 bits per heavy atom. The highest BCUT2D eigenvalue weighted by Crippen LogP contribution is 2.12. The van der Waals surface area contributed by atoms with E-state index in [1.54, 1.807) is 0 Å². The van der Waals surface area contributed by atoms with E-state index in [2.05, 4.69) is 14.3 Å². The zero-order valence-electron chi connectivity index (χ0n) is 7.37. The van der Waals surface area contributed by atoms with Gasteiger partial charge in [0.25, 0.3) is 0 Å². The molecule has 72 valence electrons. The third kappa shape index (κ3) is 2.62. The maximum Gasteiger partial charge on any atom is 0.203 e. The molecule has 13 heavy (non-hydrogen) atoms. The minimum Gasteiger partial charge on any atom is -0.303 e. The molecule has 0 saturated carbocycles. The van der Waals surface area contributed by atoms with E-state index in [9.17, 15) is 0 Å². The van der Waals surface area contributed by atoms with Crippen LogP contribution in [0.1, 0.15) is 18.7 Å². The van der Waals surface area contributed by atoms with Crippen molar-refractivity contribution in [2.45, 2.75) is 19.3 Å². The van der Waals surface area contributed by atoms with Crippen molar-refractivity contribution in [3.8, 4) is 0 Å². The molecule has 1 aliphatic heterocycles. The maximum absolute atomic E-state index is 5.69. The van der Waals surface area contributed by atoms with E-state index in [0.717, 1.165) is 18.8 Å². The summed E-state index contributed by atoms with van der Waals surface area (Å²) in [6, 6.07) is 0. The average Bonchev–Trinajstić information content (AvgIpc) is 2.71. The SMILES string of the molecule is Clc1nc(CCN2CCCC2)ns1. The Bertz CT molecular complexity index is 270. The molecule has 0 atom stereocenters.